The minimum Gasteiger partial charge on any atom is -0.493 e. The van der Waals surface area contributed by atoms with Crippen LogP contribution >= 0.6 is 0 Å². The van der Waals surface area contributed by atoms with Gasteiger partial charge in [-0.3, -0.25) is 4.79 Å². The van der Waals surface area contributed by atoms with Crippen LogP contribution in [0.25, 0.3) is 17.1 Å². The summed E-state index contributed by atoms with van der Waals surface area (Å²) in [6.07, 6.45) is 2.54. The van der Waals surface area contributed by atoms with Crippen molar-refractivity contribution in [2.45, 2.75) is 19.4 Å². The molecule has 1 aliphatic heterocycles. The van der Waals surface area contributed by atoms with Gasteiger partial charge in [0, 0.05) is 24.6 Å². The number of carbonyl (C=O) groups is 1. The lowest BCUT2D eigenvalue weighted by Crippen LogP contribution is -2.17. The number of ether oxygens (including phenoxy) is 1. The number of hydrogen-bond acceptors (Lipinski definition) is 8. The third-order valence-corrected chi connectivity index (χ3v) is 5.43. The van der Waals surface area contributed by atoms with Gasteiger partial charge in [0.1, 0.15) is 17.9 Å². The molecule has 0 saturated heterocycles. The first-order valence-electron chi connectivity index (χ1n) is 10.8. The number of rotatable bonds is 8. The topological polar surface area (TPSA) is 131 Å². The van der Waals surface area contributed by atoms with E-state index in [1.807, 2.05) is 42.5 Å². The Morgan fingerprint density at radius 3 is 2.76 bits per heavy atom. The van der Waals surface area contributed by atoms with Crippen LogP contribution in [0.3, 0.4) is 0 Å². The van der Waals surface area contributed by atoms with Gasteiger partial charge in [0.25, 0.3) is 0 Å². The molecule has 1 amide bonds. The number of aromatic amines is 1. The number of tetrazole rings is 1. The number of nitrogens with one attached hydrogen (secondary N) is 3. The van der Waals surface area contributed by atoms with E-state index in [0.717, 1.165) is 34.4 Å². The summed E-state index contributed by atoms with van der Waals surface area (Å²) < 4.78 is 5.52. The average molecular weight is 454 g/mol. The monoisotopic (exact) mass is 454 g/mol. The van der Waals surface area contributed by atoms with E-state index in [9.17, 15) is 4.79 Å². The number of benzene rings is 2. The smallest absolute Gasteiger partial charge is 0.229 e. The van der Waals surface area contributed by atoms with Crippen molar-refractivity contribution in [3.8, 4) is 17.1 Å². The number of H-pyrrole nitrogens is 1. The second kappa shape index (κ2) is 9.49. The van der Waals surface area contributed by atoms with Crippen LogP contribution in [-0.2, 0) is 24.2 Å². The SMILES string of the molecule is C=C(NCc1ccc(-c2nn[nH]n2)cc1)c1cc(NC(=O)Cc2ccc3c(c2)CCO3)ncn1. The molecule has 34 heavy (non-hydrogen) atoms. The Labute approximate surface area is 195 Å². The molecule has 10 heteroatoms. The van der Waals surface area contributed by atoms with E-state index < -0.39 is 0 Å². The van der Waals surface area contributed by atoms with E-state index >= 15 is 0 Å². The number of anilines is 1. The quantitative estimate of drug-likeness (QED) is 0.370. The predicted molar refractivity (Wildman–Crippen MR) is 125 cm³/mol. The van der Waals surface area contributed by atoms with Gasteiger partial charge in [0.05, 0.1) is 24.4 Å². The van der Waals surface area contributed by atoms with Gasteiger partial charge in [0.15, 0.2) is 0 Å². The highest BCUT2D eigenvalue weighted by atomic mass is 16.5. The molecule has 0 bridgehead atoms. The number of hydrogen-bond donors (Lipinski definition) is 3. The summed E-state index contributed by atoms with van der Waals surface area (Å²) in [5.41, 5.74) is 5.23. The van der Waals surface area contributed by atoms with Crippen LogP contribution in [0.15, 0.2) is 61.4 Å². The summed E-state index contributed by atoms with van der Waals surface area (Å²) in [4.78, 5) is 21.0. The number of fused-ring (bicyclic) bond motifs is 1. The molecular weight excluding hydrogens is 432 g/mol. The molecule has 0 spiro atoms. The van der Waals surface area contributed by atoms with E-state index in [0.29, 0.717) is 36.2 Å². The molecule has 3 heterocycles. The molecule has 0 aliphatic carbocycles. The molecule has 5 rings (SSSR count). The maximum absolute atomic E-state index is 12.5. The van der Waals surface area contributed by atoms with Gasteiger partial charge in [-0.25, -0.2) is 9.97 Å². The molecule has 3 N–H and O–H groups in total. The second-order valence-electron chi connectivity index (χ2n) is 7.82. The molecule has 10 nitrogen and oxygen atoms in total. The molecule has 2 aromatic carbocycles. The van der Waals surface area contributed by atoms with Crippen LogP contribution in [-0.4, -0.2) is 43.1 Å². The van der Waals surface area contributed by atoms with E-state index in [1.54, 1.807) is 6.07 Å². The van der Waals surface area contributed by atoms with Crippen LogP contribution in [0, 0.1) is 0 Å². The van der Waals surface area contributed by atoms with Crippen molar-refractivity contribution in [1.82, 2.24) is 35.9 Å². The van der Waals surface area contributed by atoms with Crippen molar-refractivity contribution >= 4 is 17.4 Å². The summed E-state index contributed by atoms with van der Waals surface area (Å²) in [5.74, 6) is 1.72. The first-order chi connectivity index (χ1) is 16.6. The van der Waals surface area contributed by atoms with Gasteiger partial charge in [-0.1, -0.05) is 43.0 Å². The van der Waals surface area contributed by atoms with Crippen LogP contribution in [0.1, 0.15) is 22.4 Å². The molecule has 1 aliphatic rings. The predicted octanol–water partition coefficient (Wildman–Crippen LogP) is 2.53. The fourth-order valence-electron chi connectivity index (χ4n) is 3.67. The second-order valence-corrected chi connectivity index (χ2v) is 7.82. The fraction of sp³-hybridized carbons (Fsp3) is 0.167. The Morgan fingerprint density at radius 2 is 1.94 bits per heavy atom. The Kier molecular flexibility index (Phi) is 5.93. The lowest BCUT2D eigenvalue weighted by molar-refractivity contribution is -0.115. The normalized spacial score (nSPS) is 12.0. The van der Waals surface area contributed by atoms with E-state index in [-0.39, 0.29) is 12.3 Å². The zero-order valence-corrected chi connectivity index (χ0v) is 18.3. The average Bonchev–Trinajstić information content (AvgIpc) is 3.55. The van der Waals surface area contributed by atoms with E-state index in [2.05, 4.69) is 47.8 Å². The van der Waals surface area contributed by atoms with E-state index in [4.69, 9.17) is 4.74 Å². The summed E-state index contributed by atoms with van der Waals surface area (Å²) in [7, 11) is 0. The van der Waals surface area contributed by atoms with Crippen molar-refractivity contribution in [1.29, 1.82) is 0 Å². The highest BCUT2D eigenvalue weighted by molar-refractivity contribution is 5.91. The Morgan fingerprint density at radius 1 is 1.09 bits per heavy atom. The van der Waals surface area contributed by atoms with Crippen LogP contribution in [0.5, 0.6) is 5.75 Å². The third kappa shape index (κ3) is 4.90. The van der Waals surface area contributed by atoms with Crippen molar-refractivity contribution < 1.29 is 9.53 Å². The number of carbonyl (C=O) groups excluding carboxylic acids is 1. The summed E-state index contributed by atoms with van der Waals surface area (Å²) in [6, 6.07) is 15.4. The molecule has 4 aromatic rings. The summed E-state index contributed by atoms with van der Waals surface area (Å²) in [5, 5.41) is 20.0. The summed E-state index contributed by atoms with van der Waals surface area (Å²) in [6.45, 7) is 5.31. The molecule has 0 fully saturated rings. The van der Waals surface area contributed by atoms with Gasteiger partial charge < -0.3 is 15.4 Å². The highest BCUT2D eigenvalue weighted by Gasteiger charge is 2.14. The van der Waals surface area contributed by atoms with Crippen molar-refractivity contribution in [2.75, 3.05) is 11.9 Å². The van der Waals surface area contributed by atoms with Crippen LogP contribution in [0.4, 0.5) is 5.82 Å². The Balaban J connectivity index is 1.16. The Hall–Kier alpha value is -4.60. The van der Waals surface area contributed by atoms with Crippen LogP contribution < -0.4 is 15.4 Å². The molecule has 2 aromatic heterocycles. The first-order valence-corrected chi connectivity index (χ1v) is 10.8. The standard InChI is InChI=1S/C24H22N8O2/c1-15(25-13-16-2-5-18(6-3-16)24-29-31-32-30-24)20-12-22(27-14-26-20)28-23(33)11-17-4-7-21-19(10-17)8-9-34-21/h2-7,10,12,14,25H,1,8-9,11,13H2,(H,26,27,28,33)(H,29,30,31,32). The van der Waals surface area contributed by atoms with Crippen molar-refractivity contribution in [2.24, 2.45) is 0 Å². The zero-order chi connectivity index (χ0) is 23.3. The van der Waals surface area contributed by atoms with Crippen molar-refractivity contribution in [3.05, 3.63) is 83.8 Å². The Bertz CT molecular complexity index is 1320. The number of aromatic nitrogens is 6. The molecular formula is C24H22N8O2. The number of amides is 1. The lowest BCUT2D eigenvalue weighted by atomic mass is 10.1. The van der Waals surface area contributed by atoms with E-state index in [1.165, 1.54) is 6.33 Å². The molecule has 0 atom stereocenters. The minimum absolute atomic E-state index is 0.149. The molecule has 170 valence electrons. The van der Waals surface area contributed by atoms with Gasteiger partial charge >= 0.3 is 0 Å². The van der Waals surface area contributed by atoms with Gasteiger partial charge in [-0.2, -0.15) is 5.21 Å². The first kappa shape index (κ1) is 21.3. The molecule has 0 radical (unpaired) electrons. The fourth-order valence-corrected chi connectivity index (χ4v) is 3.67. The minimum atomic E-state index is -0.149. The largest absolute Gasteiger partial charge is 0.493 e. The molecule has 0 saturated carbocycles. The summed E-state index contributed by atoms with van der Waals surface area (Å²) >= 11 is 0. The lowest BCUT2D eigenvalue weighted by Gasteiger charge is -2.11. The van der Waals surface area contributed by atoms with Crippen molar-refractivity contribution in [3.63, 3.8) is 0 Å². The molecule has 0 unspecified atom stereocenters. The third-order valence-electron chi connectivity index (χ3n) is 5.43. The van der Waals surface area contributed by atoms with Gasteiger partial charge in [-0.15, -0.1) is 10.2 Å². The zero-order valence-electron chi connectivity index (χ0n) is 18.3. The maximum atomic E-state index is 12.5. The van der Waals surface area contributed by atoms with Gasteiger partial charge in [0.2, 0.25) is 11.7 Å². The number of nitrogens with zero attached hydrogens (tertiary/aromatic N) is 5. The maximum Gasteiger partial charge on any atom is 0.229 e. The van der Waals surface area contributed by atoms with Crippen LogP contribution in [0.2, 0.25) is 0 Å². The highest BCUT2D eigenvalue weighted by Crippen LogP contribution is 2.26. The van der Waals surface area contributed by atoms with Gasteiger partial charge in [-0.05, 0) is 28.0 Å².